The fourth-order valence-electron chi connectivity index (χ4n) is 3.07. The third-order valence-electron chi connectivity index (χ3n) is 4.10. The largest absolute Gasteiger partial charge is 0.343 e. The number of rotatable bonds is 2. The van der Waals surface area contributed by atoms with E-state index < -0.39 is 0 Å². The highest BCUT2D eigenvalue weighted by molar-refractivity contribution is 7.71. The van der Waals surface area contributed by atoms with Crippen molar-refractivity contribution in [2.75, 3.05) is 0 Å². The maximum absolute atomic E-state index is 5.33. The smallest absolute Gasteiger partial charge is 0.130 e. The molecule has 2 heterocycles. The van der Waals surface area contributed by atoms with E-state index in [0.717, 1.165) is 23.0 Å². The number of hydrogen-bond donors (Lipinski definition) is 1. The van der Waals surface area contributed by atoms with E-state index in [1.54, 1.807) is 4.68 Å². The van der Waals surface area contributed by atoms with Crippen LogP contribution in [0.25, 0.3) is 11.3 Å². The summed E-state index contributed by atoms with van der Waals surface area (Å²) < 4.78 is 2.46. The van der Waals surface area contributed by atoms with Crippen molar-refractivity contribution >= 4 is 12.2 Å². The minimum absolute atomic E-state index is 0.511. The highest BCUT2D eigenvalue weighted by Crippen LogP contribution is 2.34. The van der Waals surface area contributed by atoms with Crippen LogP contribution in [-0.2, 0) is 7.05 Å². The maximum atomic E-state index is 5.33. The lowest BCUT2D eigenvalue weighted by atomic mass is 9.82. The Labute approximate surface area is 124 Å². The van der Waals surface area contributed by atoms with Crippen molar-refractivity contribution in [1.82, 2.24) is 19.7 Å². The fraction of sp³-hybridized carbons (Fsp3) is 0.533. The second-order valence-electron chi connectivity index (χ2n) is 5.89. The van der Waals surface area contributed by atoms with Gasteiger partial charge in [-0.2, -0.15) is 5.10 Å². The van der Waals surface area contributed by atoms with Crippen LogP contribution in [0.5, 0.6) is 0 Å². The van der Waals surface area contributed by atoms with Gasteiger partial charge in [0.25, 0.3) is 0 Å². The molecule has 0 saturated heterocycles. The molecule has 0 aliphatic heterocycles. The lowest BCUT2D eigenvalue weighted by Crippen LogP contribution is -2.14. The molecule has 0 radical (unpaired) electrons. The number of nitrogens with one attached hydrogen (secondary N) is 1. The number of H-pyrrole nitrogens is 1. The Bertz CT molecular complexity index is 658. The van der Waals surface area contributed by atoms with Gasteiger partial charge in [-0.3, -0.25) is 4.68 Å². The summed E-state index contributed by atoms with van der Waals surface area (Å²) in [6, 6.07) is 1.92. The number of aromatic amines is 1. The van der Waals surface area contributed by atoms with Gasteiger partial charge in [-0.25, -0.2) is 4.98 Å². The predicted molar refractivity (Wildman–Crippen MR) is 82.0 cm³/mol. The molecular formula is C15H20N4S. The van der Waals surface area contributed by atoms with Gasteiger partial charge in [0.15, 0.2) is 0 Å². The number of aromatic nitrogens is 4. The topological polar surface area (TPSA) is 46.5 Å². The third kappa shape index (κ3) is 2.82. The maximum Gasteiger partial charge on any atom is 0.130 e. The summed E-state index contributed by atoms with van der Waals surface area (Å²) in [5.41, 5.74) is 2.08. The van der Waals surface area contributed by atoms with E-state index in [2.05, 4.69) is 22.0 Å². The fourth-order valence-corrected chi connectivity index (χ4v) is 3.28. The number of hydrogen-bond acceptors (Lipinski definition) is 3. The second kappa shape index (κ2) is 5.48. The molecule has 1 aliphatic rings. The average Bonchev–Trinajstić information content (AvgIpc) is 2.85. The van der Waals surface area contributed by atoms with Crippen molar-refractivity contribution in [2.24, 2.45) is 13.0 Å². The van der Waals surface area contributed by atoms with Gasteiger partial charge in [0.1, 0.15) is 10.5 Å². The quantitative estimate of drug-likeness (QED) is 0.854. The summed E-state index contributed by atoms with van der Waals surface area (Å²) in [5.74, 6) is 2.33. The summed E-state index contributed by atoms with van der Waals surface area (Å²) in [7, 11) is 1.92. The van der Waals surface area contributed by atoms with Crippen LogP contribution in [0.15, 0.2) is 18.5 Å². The monoisotopic (exact) mass is 288 g/mol. The molecule has 0 spiro atoms. The van der Waals surface area contributed by atoms with Gasteiger partial charge in [-0.05, 0) is 24.8 Å². The molecule has 3 rings (SSSR count). The molecule has 4 nitrogen and oxygen atoms in total. The minimum Gasteiger partial charge on any atom is -0.343 e. The molecule has 0 aromatic carbocycles. The van der Waals surface area contributed by atoms with E-state index >= 15 is 0 Å². The van der Waals surface area contributed by atoms with Crippen molar-refractivity contribution in [1.29, 1.82) is 0 Å². The third-order valence-corrected chi connectivity index (χ3v) is 4.31. The first kappa shape index (κ1) is 13.5. The van der Waals surface area contributed by atoms with Crippen LogP contribution in [-0.4, -0.2) is 19.7 Å². The van der Waals surface area contributed by atoms with E-state index in [9.17, 15) is 0 Å². The van der Waals surface area contributed by atoms with Gasteiger partial charge in [0, 0.05) is 24.7 Å². The molecule has 1 N–H and O–H groups in total. The molecule has 1 aliphatic carbocycles. The van der Waals surface area contributed by atoms with Gasteiger partial charge in [-0.15, -0.1) is 0 Å². The second-order valence-corrected chi connectivity index (χ2v) is 6.31. The zero-order chi connectivity index (χ0) is 14.1. The lowest BCUT2D eigenvalue weighted by Gasteiger charge is -2.26. The van der Waals surface area contributed by atoms with Gasteiger partial charge in [0.05, 0.1) is 11.9 Å². The first-order chi connectivity index (χ1) is 9.61. The first-order valence-corrected chi connectivity index (χ1v) is 7.63. The van der Waals surface area contributed by atoms with Crippen LogP contribution in [0, 0.1) is 10.6 Å². The minimum atomic E-state index is 0.511. The Morgan fingerprint density at radius 1 is 1.40 bits per heavy atom. The Kier molecular flexibility index (Phi) is 3.70. The predicted octanol–water partition coefficient (Wildman–Crippen LogP) is 3.83. The molecule has 106 valence electrons. The Balaban J connectivity index is 1.96. The molecule has 2 unspecified atom stereocenters. The summed E-state index contributed by atoms with van der Waals surface area (Å²) in [4.78, 5) is 8.03. The first-order valence-electron chi connectivity index (χ1n) is 7.22. The summed E-state index contributed by atoms with van der Waals surface area (Å²) in [6.07, 6.45) is 8.88. The van der Waals surface area contributed by atoms with Gasteiger partial charge < -0.3 is 4.98 Å². The van der Waals surface area contributed by atoms with E-state index in [0.29, 0.717) is 10.6 Å². The molecule has 0 amide bonds. The molecule has 2 atom stereocenters. The average molecular weight is 288 g/mol. The van der Waals surface area contributed by atoms with E-state index in [1.807, 2.05) is 25.5 Å². The molecule has 5 heteroatoms. The molecule has 0 bridgehead atoms. The zero-order valence-electron chi connectivity index (χ0n) is 12.0. The molecular weight excluding hydrogens is 268 g/mol. The van der Waals surface area contributed by atoms with Crippen LogP contribution < -0.4 is 0 Å². The van der Waals surface area contributed by atoms with Gasteiger partial charge in [-0.1, -0.05) is 32.0 Å². The normalized spacial score (nSPS) is 22.9. The van der Waals surface area contributed by atoms with E-state index in [1.165, 1.54) is 25.7 Å². The van der Waals surface area contributed by atoms with Crippen LogP contribution in [0.4, 0.5) is 0 Å². The molecule has 2 aromatic heterocycles. The summed E-state index contributed by atoms with van der Waals surface area (Å²) >= 11 is 5.33. The zero-order valence-corrected chi connectivity index (χ0v) is 12.8. The van der Waals surface area contributed by atoms with Gasteiger partial charge in [0.2, 0.25) is 0 Å². The van der Waals surface area contributed by atoms with Crippen molar-refractivity contribution in [3.63, 3.8) is 0 Å². The lowest BCUT2D eigenvalue weighted by molar-refractivity contribution is 0.335. The van der Waals surface area contributed by atoms with Crippen LogP contribution in [0.2, 0.25) is 0 Å². The molecule has 1 fully saturated rings. The van der Waals surface area contributed by atoms with E-state index in [-0.39, 0.29) is 0 Å². The standard InChI is InChI=1S/C15H20N4S/c1-10-4-3-5-11(6-10)15-17-13(7-14(20)18-15)12-8-16-19(2)9-12/h7-11H,3-6H2,1-2H3,(H,17,18,20). The Hall–Kier alpha value is -1.49. The van der Waals surface area contributed by atoms with E-state index in [4.69, 9.17) is 12.2 Å². The Morgan fingerprint density at radius 3 is 2.95 bits per heavy atom. The molecule has 1 saturated carbocycles. The highest BCUT2D eigenvalue weighted by Gasteiger charge is 2.22. The molecule has 20 heavy (non-hydrogen) atoms. The summed E-state index contributed by atoms with van der Waals surface area (Å²) in [5, 5.41) is 4.22. The van der Waals surface area contributed by atoms with Gasteiger partial charge >= 0.3 is 0 Å². The van der Waals surface area contributed by atoms with Crippen molar-refractivity contribution in [2.45, 2.75) is 38.5 Å². The number of nitrogens with zero attached hydrogens (tertiary/aromatic N) is 3. The van der Waals surface area contributed by atoms with Crippen molar-refractivity contribution < 1.29 is 0 Å². The Morgan fingerprint density at radius 2 is 2.25 bits per heavy atom. The van der Waals surface area contributed by atoms with Crippen LogP contribution >= 0.6 is 12.2 Å². The highest BCUT2D eigenvalue weighted by atomic mass is 32.1. The van der Waals surface area contributed by atoms with Crippen molar-refractivity contribution in [3.05, 3.63) is 28.9 Å². The van der Waals surface area contributed by atoms with Crippen LogP contribution in [0.3, 0.4) is 0 Å². The van der Waals surface area contributed by atoms with Crippen molar-refractivity contribution in [3.8, 4) is 11.3 Å². The summed E-state index contributed by atoms with van der Waals surface area (Å²) in [6.45, 7) is 2.33. The number of aryl methyl sites for hydroxylation is 1. The molecule has 2 aromatic rings. The van der Waals surface area contributed by atoms with Crippen LogP contribution in [0.1, 0.15) is 44.3 Å². The SMILES string of the molecule is CC1CCCC(c2nc(=S)cc(-c3cnn(C)c3)[nH]2)C1.